The van der Waals surface area contributed by atoms with Crippen LogP contribution in [-0.4, -0.2) is 12.6 Å². The van der Waals surface area contributed by atoms with E-state index in [1.54, 1.807) is 19.1 Å². The lowest BCUT2D eigenvalue weighted by Gasteiger charge is -2.07. The van der Waals surface area contributed by atoms with Gasteiger partial charge in [-0.1, -0.05) is 0 Å². The fraction of sp³-hybridized carbons (Fsp3) is 0.444. The molecule has 1 atom stereocenters. The number of carbonyl (C=O) groups is 1. The van der Waals surface area contributed by atoms with Gasteiger partial charge in [0.1, 0.15) is 5.76 Å². The maximum Gasteiger partial charge on any atom is 0.307 e. The third-order valence-electron chi connectivity index (χ3n) is 1.65. The molecule has 86 valence electrons. The first kappa shape index (κ1) is 14.3. The van der Waals surface area contributed by atoms with Crippen molar-refractivity contribution < 1.29 is 13.9 Å². The van der Waals surface area contributed by atoms with Gasteiger partial charge in [0.05, 0.1) is 19.1 Å². The Morgan fingerprint density at radius 3 is 2.80 bits per heavy atom. The van der Waals surface area contributed by atoms with Crippen molar-refractivity contribution in [1.29, 1.82) is 0 Å². The summed E-state index contributed by atoms with van der Waals surface area (Å²) in [5.74, 6) is 0.149. The maximum atomic E-state index is 11.1. The number of ether oxygens (including phenoxy) is 1. The summed E-state index contributed by atoms with van der Waals surface area (Å²) in [6, 6.07) is 2.73. The Morgan fingerprint density at radius 1 is 1.67 bits per heavy atom. The number of esters is 1. The van der Waals surface area contributed by atoms with E-state index in [4.69, 9.17) is 26.5 Å². The molecule has 0 aliphatic carbocycles. The lowest BCUT2D eigenvalue weighted by atomic mass is 10.2. The molecule has 0 aromatic carbocycles. The molecule has 6 heteroatoms. The largest absolute Gasteiger partial charge is 0.466 e. The van der Waals surface area contributed by atoms with Crippen molar-refractivity contribution in [2.24, 2.45) is 5.73 Å². The van der Waals surface area contributed by atoms with Crippen LogP contribution in [0.3, 0.4) is 0 Å². The van der Waals surface area contributed by atoms with E-state index in [2.05, 4.69) is 0 Å². The van der Waals surface area contributed by atoms with Gasteiger partial charge in [-0.05, 0) is 30.7 Å². The molecule has 1 aromatic rings. The van der Waals surface area contributed by atoms with Crippen LogP contribution in [0, 0.1) is 0 Å². The molecule has 0 radical (unpaired) electrons. The molecule has 0 saturated carbocycles. The lowest BCUT2D eigenvalue weighted by molar-refractivity contribution is -0.143. The monoisotopic (exact) mass is 253 g/mol. The molecule has 0 saturated heterocycles. The third-order valence-corrected chi connectivity index (χ3v) is 1.85. The van der Waals surface area contributed by atoms with E-state index in [9.17, 15) is 4.79 Å². The third kappa shape index (κ3) is 4.55. The molecule has 0 amide bonds. The molecule has 0 bridgehead atoms. The van der Waals surface area contributed by atoms with Crippen molar-refractivity contribution in [1.82, 2.24) is 0 Å². The Balaban J connectivity index is 0.00000196. The van der Waals surface area contributed by atoms with Crippen LogP contribution in [0.25, 0.3) is 0 Å². The highest BCUT2D eigenvalue weighted by molar-refractivity contribution is 6.28. The highest BCUT2D eigenvalue weighted by Crippen LogP contribution is 2.20. The van der Waals surface area contributed by atoms with E-state index in [0.717, 1.165) is 0 Å². The lowest BCUT2D eigenvalue weighted by Crippen LogP contribution is -2.16. The van der Waals surface area contributed by atoms with Gasteiger partial charge in [-0.25, -0.2) is 0 Å². The Labute approximate surface area is 99.1 Å². The smallest absolute Gasteiger partial charge is 0.307 e. The summed E-state index contributed by atoms with van der Waals surface area (Å²) < 4.78 is 9.80. The maximum absolute atomic E-state index is 11.1. The molecule has 0 fully saturated rings. The second kappa shape index (κ2) is 6.71. The second-order valence-corrected chi connectivity index (χ2v) is 3.13. The van der Waals surface area contributed by atoms with E-state index in [1.807, 2.05) is 0 Å². The minimum absolute atomic E-state index is 0. The summed E-state index contributed by atoms with van der Waals surface area (Å²) in [5.41, 5.74) is 5.69. The highest BCUT2D eigenvalue weighted by Gasteiger charge is 2.15. The molecule has 1 heterocycles. The van der Waals surface area contributed by atoms with Gasteiger partial charge >= 0.3 is 5.97 Å². The van der Waals surface area contributed by atoms with Gasteiger partial charge in [0, 0.05) is 0 Å². The van der Waals surface area contributed by atoms with Crippen molar-refractivity contribution in [2.45, 2.75) is 19.4 Å². The van der Waals surface area contributed by atoms with Crippen molar-refractivity contribution in [3.05, 3.63) is 23.1 Å². The van der Waals surface area contributed by atoms with E-state index >= 15 is 0 Å². The number of rotatable bonds is 4. The zero-order valence-corrected chi connectivity index (χ0v) is 9.81. The van der Waals surface area contributed by atoms with E-state index in [-0.39, 0.29) is 30.0 Å². The van der Waals surface area contributed by atoms with Gasteiger partial charge in [0.25, 0.3) is 0 Å². The fourth-order valence-corrected chi connectivity index (χ4v) is 1.18. The van der Waals surface area contributed by atoms with Crippen LogP contribution in [0.4, 0.5) is 0 Å². The van der Waals surface area contributed by atoms with Crippen molar-refractivity contribution in [2.75, 3.05) is 6.61 Å². The van der Waals surface area contributed by atoms with Crippen LogP contribution >= 0.6 is 24.0 Å². The Kier molecular flexibility index (Phi) is 6.40. The number of hydrogen-bond donors (Lipinski definition) is 1. The first-order valence-electron chi connectivity index (χ1n) is 4.30. The molecule has 0 spiro atoms. The summed E-state index contributed by atoms with van der Waals surface area (Å²) in [5, 5.41) is 0.263. The summed E-state index contributed by atoms with van der Waals surface area (Å²) in [6.07, 6.45) is 0.0949. The Bertz CT molecular complexity index is 314. The SMILES string of the molecule is CCOC(=O)C[C@H](N)c1ccc(Cl)o1.Cl. The van der Waals surface area contributed by atoms with Crippen LogP contribution in [0.1, 0.15) is 25.1 Å². The van der Waals surface area contributed by atoms with E-state index < -0.39 is 6.04 Å². The minimum atomic E-state index is -0.499. The van der Waals surface area contributed by atoms with E-state index in [1.165, 1.54) is 0 Å². The van der Waals surface area contributed by atoms with Crippen LogP contribution in [0.15, 0.2) is 16.5 Å². The molecule has 4 nitrogen and oxygen atoms in total. The molecule has 2 N–H and O–H groups in total. The molecule has 1 aromatic heterocycles. The number of halogens is 2. The van der Waals surface area contributed by atoms with Crippen molar-refractivity contribution in [3.63, 3.8) is 0 Å². The normalized spacial score (nSPS) is 11.7. The number of nitrogens with two attached hydrogens (primary N) is 1. The zero-order valence-electron chi connectivity index (χ0n) is 8.23. The molecular weight excluding hydrogens is 241 g/mol. The molecule has 0 unspecified atom stereocenters. The van der Waals surface area contributed by atoms with Crippen LogP contribution in [0.5, 0.6) is 0 Å². The van der Waals surface area contributed by atoms with Crippen molar-refractivity contribution in [3.8, 4) is 0 Å². The van der Waals surface area contributed by atoms with Gasteiger partial charge in [0.15, 0.2) is 5.22 Å². The second-order valence-electron chi connectivity index (χ2n) is 2.76. The summed E-state index contributed by atoms with van der Waals surface area (Å²) in [4.78, 5) is 11.1. The van der Waals surface area contributed by atoms with Crippen LogP contribution < -0.4 is 5.73 Å². The Hall–Kier alpha value is -0.710. The predicted octanol–water partition coefficient (Wildman–Crippen LogP) is 2.31. The first-order valence-corrected chi connectivity index (χ1v) is 4.67. The standard InChI is InChI=1S/C9H12ClNO3.ClH/c1-2-13-9(12)5-6(11)7-3-4-8(10)14-7;/h3-4,6H,2,5,11H2,1H3;1H/t6-;/m0./s1. The average Bonchev–Trinajstić information content (AvgIpc) is 2.52. The Morgan fingerprint density at radius 2 is 2.33 bits per heavy atom. The van der Waals surface area contributed by atoms with Gasteiger partial charge in [-0.15, -0.1) is 12.4 Å². The summed E-state index contributed by atoms with van der Waals surface area (Å²) in [7, 11) is 0. The quantitative estimate of drug-likeness (QED) is 0.837. The van der Waals surface area contributed by atoms with Crippen LogP contribution in [-0.2, 0) is 9.53 Å². The topological polar surface area (TPSA) is 65.5 Å². The molecule has 0 aliphatic rings. The number of hydrogen-bond acceptors (Lipinski definition) is 4. The van der Waals surface area contributed by atoms with Gasteiger partial charge in [-0.2, -0.15) is 0 Å². The molecule has 15 heavy (non-hydrogen) atoms. The number of furan rings is 1. The van der Waals surface area contributed by atoms with Crippen molar-refractivity contribution >= 4 is 30.0 Å². The first-order chi connectivity index (χ1) is 6.63. The van der Waals surface area contributed by atoms with Gasteiger partial charge < -0.3 is 14.9 Å². The van der Waals surface area contributed by atoms with E-state index in [0.29, 0.717) is 12.4 Å². The molecule has 0 aliphatic heterocycles. The van der Waals surface area contributed by atoms with Crippen LogP contribution in [0.2, 0.25) is 5.22 Å². The minimum Gasteiger partial charge on any atom is -0.466 e. The number of carbonyl (C=O) groups excluding carboxylic acids is 1. The van der Waals surface area contributed by atoms with Gasteiger partial charge in [0.2, 0.25) is 0 Å². The average molecular weight is 254 g/mol. The molecular formula is C9H13Cl2NO3. The highest BCUT2D eigenvalue weighted by atomic mass is 35.5. The van der Waals surface area contributed by atoms with Gasteiger partial charge in [-0.3, -0.25) is 4.79 Å². The molecule has 1 rings (SSSR count). The fourth-order valence-electron chi connectivity index (χ4n) is 1.03. The summed E-state index contributed by atoms with van der Waals surface area (Å²) >= 11 is 5.56. The predicted molar refractivity (Wildman–Crippen MR) is 59.1 cm³/mol. The zero-order chi connectivity index (χ0) is 10.6. The summed E-state index contributed by atoms with van der Waals surface area (Å²) in [6.45, 7) is 2.09.